The van der Waals surface area contributed by atoms with Gasteiger partial charge in [-0.2, -0.15) is 0 Å². The van der Waals surface area contributed by atoms with Crippen LogP contribution >= 0.6 is 0 Å². The average molecular weight is 273 g/mol. The molecular formula is C10H19N5O2S. The molecule has 102 valence electrons. The highest BCUT2D eigenvalue weighted by atomic mass is 32.2. The Hall–Kier alpha value is -1.12. The van der Waals surface area contributed by atoms with Crippen molar-refractivity contribution in [2.45, 2.75) is 17.9 Å². The summed E-state index contributed by atoms with van der Waals surface area (Å²) in [6.07, 6.45) is 3.78. The van der Waals surface area contributed by atoms with Crippen molar-refractivity contribution in [2.24, 2.45) is 7.05 Å². The normalized spacial score (nSPS) is 17.4. The maximum atomic E-state index is 12.0. The molecule has 2 heterocycles. The maximum Gasteiger partial charge on any atom is 0.260 e. The van der Waals surface area contributed by atoms with Gasteiger partial charge in [-0.1, -0.05) is 0 Å². The lowest BCUT2D eigenvalue weighted by atomic mass is 10.4. The molecule has 1 saturated heterocycles. The van der Waals surface area contributed by atoms with Crippen molar-refractivity contribution in [1.82, 2.24) is 19.2 Å². The second-order valence-electron chi connectivity index (χ2n) is 4.49. The summed E-state index contributed by atoms with van der Waals surface area (Å²) in [5, 5.41) is 0.0314. The van der Waals surface area contributed by atoms with E-state index in [1.165, 1.54) is 23.7 Å². The van der Waals surface area contributed by atoms with E-state index in [2.05, 4.69) is 14.6 Å². The second kappa shape index (κ2) is 5.25. The maximum absolute atomic E-state index is 12.0. The summed E-state index contributed by atoms with van der Waals surface area (Å²) in [6, 6.07) is 0. The Balaban J connectivity index is 1.95. The fraction of sp³-hybridized carbons (Fsp3) is 0.700. The Kier molecular flexibility index (Phi) is 3.88. The molecule has 18 heavy (non-hydrogen) atoms. The van der Waals surface area contributed by atoms with Crippen molar-refractivity contribution in [1.29, 1.82) is 0 Å². The van der Waals surface area contributed by atoms with Crippen LogP contribution in [0.15, 0.2) is 11.4 Å². The molecule has 7 nitrogen and oxygen atoms in total. The van der Waals surface area contributed by atoms with Crippen LogP contribution in [0.5, 0.6) is 0 Å². The van der Waals surface area contributed by atoms with Gasteiger partial charge in [-0.3, -0.25) is 0 Å². The van der Waals surface area contributed by atoms with Crippen LogP contribution in [0.2, 0.25) is 0 Å². The number of rotatable bonds is 5. The minimum atomic E-state index is -3.57. The van der Waals surface area contributed by atoms with Crippen molar-refractivity contribution in [3.05, 3.63) is 6.33 Å². The fourth-order valence-corrected chi connectivity index (χ4v) is 3.43. The topological polar surface area (TPSA) is 93.2 Å². The average Bonchev–Trinajstić information content (AvgIpc) is 2.89. The molecule has 8 heteroatoms. The van der Waals surface area contributed by atoms with E-state index in [1.54, 1.807) is 7.05 Å². The van der Waals surface area contributed by atoms with Gasteiger partial charge < -0.3 is 15.2 Å². The number of hydrogen-bond donors (Lipinski definition) is 2. The largest absolute Gasteiger partial charge is 0.381 e. The van der Waals surface area contributed by atoms with Crippen LogP contribution in [0.25, 0.3) is 0 Å². The van der Waals surface area contributed by atoms with E-state index in [-0.39, 0.29) is 10.8 Å². The first-order valence-electron chi connectivity index (χ1n) is 5.99. The molecule has 1 fully saturated rings. The van der Waals surface area contributed by atoms with Crippen molar-refractivity contribution < 1.29 is 8.42 Å². The van der Waals surface area contributed by atoms with Crippen LogP contribution in [0.1, 0.15) is 12.8 Å². The predicted molar refractivity (Wildman–Crippen MR) is 68.5 cm³/mol. The molecule has 3 N–H and O–H groups in total. The molecule has 0 saturated carbocycles. The van der Waals surface area contributed by atoms with E-state index in [4.69, 9.17) is 5.73 Å². The number of aryl methyl sites for hydroxylation is 1. The molecule has 1 aliphatic rings. The number of nitrogens with zero attached hydrogens (tertiary/aromatic N) is 3. The summed E-state index contributed by atoms with van der Waals surface area (Å²) in [7, 11) is -1.96. The summed E-state index contributed by atoms with van der Waals surface area (Å²) in [6.45, 7) is 3.23. The van der Waals surface area contributed by atoms with E-state index in [0.717, 1.165) is 19.6 Å². The van der Waals surface area contributed by atoms with E-state index >= 15 is 0 Å². The van der Waals surface area contributed by atoms with Gasteiger partial charge in [0.25, 0.3) is 10.0 Å². The molecule has 1 aromatic heterocycles. The van der Waals surface area contributed by atoms with Gasteiger partial charge in [-0.15, -0.1) is 0 Å². The Labute approximate surface area is 107 Å². The number of anilines is 1. The van der Waals surface area contributed by atoms with Crippen LogP contribution in [-0.2, 0) is 17.1 Å². The highest BCUT2D eigenvalue weighted by Crippen LogP contribution is 2.14. The summed E-state index contributed by atoms with van der Waals surface area (Å²) < 4.78 is 28.0. The van der Waals surface area contributed by atoms with Gasteiger partial charge in [-0.05, 0) is 25.9 Å². The summed E-state index contributed by atoms with van der Waals surface area (Å²) >= 11 is 0. The highest BCUT2D eigenvalue weighted by molar-refractivity contribution is 7.89. The molecule has 0 radical (unpaired) electrons. The minimum Gasteiger partial charge on any atom is -0.381 e. The predicted octanol–water partition coefficient (Wildman–Crippen LogP) is -0.624. The Morgan fingerprint density at radius 1 is 1.44 bits per heavy atom. The van der Waals surface area contributed by atoms with Crippen molar-refractivity contribution in [3.8, 4) is 0 Å². The summed E-state index contributed by atoms with van der Waals surface area (Å²) in [5.74, 6) is 0.0335. The summed E-state index contributed by atoms with van der Waals surface area (Å²) in [4.78, 5) is 6.02. The van der Waals surface area contributed by atoms with Gasteiger partial charge in [0, 0.05) is 20.1 Å². The molecule has 2 rings (SSSR count). The van der Waals surface area contributed by atoms with Crippen molar-refractivity contribution >= 4 is 15.8 Å². The van der Waals surface area contributed by atoms with Crippen molar-refractivity contribution in [3.63, 3.8) is 0 Å². The third-order valence-corrected chi connectivity index (χ3v) is 4.67. The first-order chi connectivity index (χ1) is 8.50. The third kappa shape index (κ3) is 2.82. The first kappa shape index (κ1) is 13.3. The highest BCUT2D eigenvalue weighted by Gasteiger charge is 2.22. The Morgan fingerprint density at radius 2 is 2.11 bits per heavy atom. The quantitative estimate of drug-likeness (QED) is 0.745. The van der Waals surface area contributed by atoms with E-state index in [9.17, 15) is 8.42 Å². The lowest BCUT2D eigenvalue weighted by Crippen LogP contribution is -2.34. The number of nitrogens with two attached hydrogens (primary N) is 1. The molecule has 1 aromatic rings. The smallest absolute Gasteiger partial charge is 0.260 e. The second-order valence-corrected chi connectivity index (χ2v) is 6.17. The van der Waals surface area contributed by atoms with Crippen LogP contribution in [0, 0.1) is 0 Å². The number of sulfonamides is 1. The van der Waals surface area contributed by atoms with Gasteiger partial charge in [0.05, 0.1) is 6.33 Å². The molecule has 0 atom stereocenters. The zero-order valence-corrected chi connectivity index (χ0v) is 11.3. The molecule has 0 aromatic carbocycles. The molecule has 0 spiro atoms. The number of imidazole rings is 1. The third-order valence-electron chi connectivity index (χ3n) is 3.08. The minimum absolute atomic E-state index is 0.0314. The number of aromatic nitrogens is 2. The SMILES string of the molecule is Cn1cnc(N)c1S(=O)(=O)NCCN1CCCC1. The van der Waals surface area contributed by atoms with E-state index < -0.39 is 10.0 Å². The van der Waals surface area contributed by atoms with Gasteiger partial charge in [-0.25, -0.2) is 18.1 Å². The van der Waals surface area contributed by atoms with E-state index in [0.29, 0.717) is 6.54 Å². The Morgan fingerprint density at radius 3 is 2.67 bits per heavy atom. The monoisotopic (exact) mass is 273 g/mol. The number of nitrogens with one attached hydrogen (secondary N) is 1. The van der Waals surface area contributed by atoms with E-state index in [1.807, 2.05) is 0 Å². The van der Waals surface area contributed by atoms with Gasteiger partial charge >= 0.3 is 0 Å². The molecule has 0 aliphatic carbocycles. The lowest BCUT2D eigenvalue weighted by Gasteiger charge is -2.15. The number of likely N-dealkylation sites (tertiary alicyclic amines) is 1. The number of hydrogen-bond acceptors (Lipinski definition) is 5. The Bertz CT molecular complexity index is 485. The lowest BCUT2D eigenvalue weighted by molar-refractivity contribution is 0.344. The molecule has 1 aliphatic heterocycles. The number of nitrogen functional groups attached to an aromatic ring is 1. The molecule has 0 bridgehead atoms. The van der Waals surface area contributed by atoms with Crippen molar-refractivity contribution in [2.75, 3.05) is 31.9 Å². The fourth-order valence-electron chi connectivity index (χ4n) is 2.18. The van der Waals surface area contributed by atoms with Gasteiger partial charge in [0.15, 0.2) is 10.8 Å². The van der Waals surface area contributed by atoms with Gasteiger partial charge in [0.1, 0.15) is 0 Å². The molecule has 0 amide bonds. The van der Waals surface area contributed by atoms with Crippen LogP contribution in [0.3, 0.4) is 0 Å². The standard InChI is InChI=1S/C10H19N5O2S/c1-14-8-12-9(11)10(14)18(16,17)13-4-7-15-5-2-3-6-15/h8,13H,2-7,11H2,1H3. The molecular weight excluding hydrogens is 254 g/mol. The van der Waals surface area contributed by atoms with Crippen LogP contribution < -0.4 is 10.5 Å². The summed E-state index contributed by atoms with van der Waals surface area (Å²) in [5.41, 5.74) is 5.56. The molecule has 0 unspecified atom stereocenters. The van der Waals surface area contributed by atoms with Gasteiger partial charge in [0.2, 0.25) is 0 Å². The first-order valence-corrected chi connectivity index (χ1v) is 7.48. The van der Waals surface area contributed by atoms with Crippen LogP contribution in [0.4, 0.5) is 5.82 Å². The van der Waals surface area contributed by atoms with Crippen LogP contribution in [-0.4, -0.2) is 49.0 Å². The zero-order valence-electron chi connectivity index (χ0n) is 10.5. The zero-order chi connectivity index (χ0) is 13.2.